The van der Waals surface area contributed by atoms with Crippen LogP contribution in [0.25, 0.3) is 0 Å². The smallest absolute Gasteiger partial charge is 0.245 e. The first-order valence-electron chi connectivity index (χ1n) is 10.8. The highest BCUT2D eigenvalue weighted by atomic mass is 16.2. The minimum absolute atomic E-state index is 0.0677. The van der Waals surface area contributed by atoms with Crippen molar-refractivity contribution in [1.29, 1.82) is 0 Å². The molecule has 1 N–H and O–H groups in total. The van der Waals surface area contributed by atoms with E-state index in [-0.39, 0.29) is 29.2 Å². The number of nitrogens with one attached hydrogen (secondary N) is 1. The van der Waals surface area contributed by atoms with Gasteiger partial charge in [0, 0.05) is 63.9 Å². The first kappa shape index (κ1) is 19.9. The van der Waals surface area contributed by atoms with Gasteiger partial charge in [-0.1, -0.05) is 0 Å². The summed E-state index contributed by atoms with van der Waals surface area (Å²) in [5, 5.41) is 0. The van der Waals surface area contributed by atoms with Crippen LogP contribution in [0.15, 0.2) is 12.5 Å². The van der Waals surface area contributed by atoms with Crippen LogP contribution in [0.2, 0.25) is 0 Å². The SMILES string of the molecule is C[C@@H](C(=O)N1CCC2(CCC(=O)N(CCc3cnc[nH]3)C2)CC1)N1CCCC1=O. The highest BCUT2D eigenvalue weighted by Gasteiger charge is 2.42. The molecule has 4 rings (SSSR count). The van der Waals surface area contributed by atoms with Gasteiger partial charge in [-0.15, -0.1) is 0 Å². The Morgan fingerprint density at radius 1 is 1.17 bits per heavy atom. The van der Waals surface area contributed by atoms with E-state index in [2.05, 4.69) is 9.97 Å². The van der Waals surface area contributed by atoms with Crippen molar-refractivity contribution < 1.29 is 14.4 Å². The largest absolute Gasteiger partial charge is 0.348 e. The second-order valence-electron chi connectivity index (χ2n) is 8.83. The third-order valence-corrected chi connectivity index (χ3v) is 7.02. The lowest BCUT2D eigenvalue weighted by atomic mass is 9.72. The number of carbonyl (C=O) groups is 3. The molecular weight excluding hydrogens is 370 g/mol. The van der Waals surface area contributed by atoms with Crippen LogP contribution >= 0.6 is 0 Å². The van der Waals surface area contributed by atoms with Crippen molar-refractivity contribution in [3.8, 4) is 0 Å². The normalized spacial score (nSPS) is 23.1. The zero-order chi connectivity index (χ0) is 20.4. The zero-order valence-electron chi connectivity index (χ0n) is 17.2. The molecule has 4 heterocycles. The van der Waals surface area contributed by atoms with Crippen molar-refractivity contribution >= 4 is 17.7 Å². The monoisotopic (exact) mass is 401 g/mol. The third-order valence-electron chi connectivity index (χ3n) is 7.02. The summed E-state index contributed by atoms with van der Waals surface area (Å²) < 4.78 is 0. The zero-order valence-corrected chi connectivity index (χ0v) is 17.2. The Bertz CT molecular complexity index is 754. The molecule has 0 unspecified atom stereocenters. The number of likely N-dealkylation sites (tertiary alicyclic amines) is 3. The molecule has 0 saturated carbocycles. The van der Waals surface area contributed by atoms with Crippen LogP contribution in [-0.2, 0) is 20.8 Å². The molecule has 158 valence electrons. The number of carbonyl (C=O) groups excluding carboxylic acids is 3. The standard InChI is InChI=1S/C21H31N5O3/c1-16(26-9-2-3-19(26)28)20(29)24-11-7-21(8-12-24)6-4-18(27)25(14-21)10-5-17-13-22-15-23-17/h13,15-16H,2-12,14H2,1H3,(H,22,23)/t16-/m0/s1. The van der Waals surface area contributed by atoms with Gasteiger partial charge in [0.25, 0.3) is 0 Å². The van der Waals surface area contributed by atoms with Crippen molar-refractivity contribution in [3.05, 3.63) is 18.2 Å². The number of hydrogen-bond donors (Lipinski definition) is 1. The molecule has 0 radical (unpaired) electrons. The van der Waals surface area contributed by atoms with E-state index in [0.717, 1.165) is 44.3 Å². The first-order chi connectivity index (χ1) is 14.0. The molecular formula is C21H31N5O3. The maximum atomic E-state index is 12.9. The lowest BCUT2D eigenvalue weighted by Gasteiger charge is -2.48. The molecule has 1 aromatic heterocycles. The van der Waals surface area contributed by atoms with Gasteiger partial charge in [0.1, 0.15) is 6.04 Å². The van der Waals surface area contributed by atoms with E-state index in [1.807, 2.05) is 16.7 Å². The van der Waals surface area contributed by atoms with Crippen LogP contribution in [0, 0.1) is 5.41 Å². The van der Waals surface area contributed by atoms with Crippen LogP contribution in [0.5, 0.6) is 0 Å². The Balaban J connectivity index is 1.32. The predicted octanol–water partition coefficient (Wildman–Crippen LogP) is 1.19. The maximum absolute atomic E-state index is 12.9. The van der Waals surface area contributed by atoms with E-state index in [1.54, 1.807) is 17.4 Å². The minimum atomic E-state index is -0.363. The van der Waals surface area contributed by atoms with E-state index in [4.69, 9.17) is 0 Å². The number of piperidine rings is 2. The van der Waals surface area contributed by atoms with Crippen molar-refractivity contribution in [1.82, 2.24) is 24.7 Å². The van der Waals surface area contributed by atoms with Gasteiger partial charge in [0.15, 0.2) is 0 Å². The van der Waals surface area contributed by atoms with E-state index < -0.39 is 0 Å². The van der Waals surface area contributed by atoms with Gasteiger partial charge in [0.2, 0.25) is 17.7 Å². The number of rotatable bonds is 5. The highest BCUT2D eigenvalue weighted by Crippen LogP contribution is 2.40. The molecule has 1 spiro atoms. The van der Waals surface area contributed by atoms with Gasteiger partial charge < -0.3 is 19.7 Å². The Hall–Kier alpha value is -2.38. The second kappa shape index (κ2) is 8.16. The van der Waals surface area contributed by atoms with Crippen LogP contribution in [0.4, 0.5) is 0 Å². The first-order valence-corrected chi connectivity index (χ1v) is 10.8. The molecule has 3 saturated heterocycles. The summed E-state index contributed by atoms with van der Waals surface area (Å²) in [5.74, 6) is 0.394. The van der Waals surface area contributed by atoms with Crippen molar-refractivity contribution in [2.24, 2.45) is 5.41 Å². The fraction of sp³-hybridized carbons (Fsp3) is 0.714. The number of H-pyrrole nitrogens is 1. The maximum Gasteiger partial charge on any atom is 0.245 e. The number of hydrogen-bond acceptors (Lipinski definition) is 4. The summed E-state index contributed by atoms with van der Waals surface area (Å²) >= 11 is 0. The third kappa shape index (κ3) is 4.16. The molecule has 29 heavy (non-hydrogen) atoms. The highest BCUT2D eigenvalue weighted by molar-refractivity contribution is 5.88. The van der Waals surface area contributed by atoms with Gasteiger partial charge in [-0.2, -0.15) is 0 Å². The van der Waals surface area contributed by atoms with Gasteiger partial charge >= 0.3 is 0 Å². The van der Waals surface area contributed by atoms with Gasteiger partial charge in [0.05, 0.1) is 6.33 Å². The Labute approximate surface area is 171 Å². The molecule has 8 heteroatoms. The van der Waals surface area contributed by atoms with Crippen molar-refractivity contribution in [2.45, 2.75) is 57.9 Å². The quantitative estimate of drug-likeness (QED) is 0.803. The van der Waals surface area contributed by atoms with E-state index in [1.165, 1.54) is 0 Å². The van der Waals surface area contributed by atoms with Crippen LogP contribution in [-0.4, -0.2) is 81.2 Å². The summed E-state index contributed by atoms with van der Waals surface area (Å²) in [5.41, 5.74) is 1.16. The van der Waals surface area contributed by atoms with Crippen molar-refractivity contribution in [2.75, 3.05) is 32.7 Å². The van der Waals surface area contributed by atoms with Gasteiger partial charge in [-0.3, -0.25) is 14.4 Å². The second-order valence-corrected chi connectivity index (χ2v) is 8.83. The lowest BCUT2D eigenvalue weighted by molar-refractivity contribution is -0.147. The molecule has 3 aliphatic rings. The molecule has 3 fully saturated rings. The average Bonchev–Trinajstić information content (AvgIpc) is 3.40. The van der Waals surface area contributed by atoms with Crippen molar-refractivity contribution in [3.63, 3.8) is 0 Å². The summed E-state index contributed by atoms with van der Waals surface area (Å²) in [6.07, 6.45) is 9.02. The minimum Gasteiger partial charge on any atom is -0.348 e. The van der Waals surface area contributed by atoms with E-state index in [0.29, 0.717) is 39.0 Å². The number of nitrogens with zero attached hydrogens (tertiary/aromatic N) is 4. The fourth-order valence-electron chi connectivity index (χ4n) is 5.07. The molecule has 1 aromatic rings. The molecule has 0 aromatic carbocycles. The predicted molar refractivity (Wildman–Crippen MR) is 107 cm³/mol. The average molecular weight is 402 g/mol. The van der Waals surface area contributed by atoms with Crippen LogP contribution < -0.4 is 0 Å². The molecule has 3 amide bonds. The number of imidazole rings is 1. The van der Waals surface area contributed by atoms with Gasteiger partial charge in [-0.05, 0) is 38.0 Å². The Kier molecular flexibility index (Phi) is 5.61. The Morgan fingerprint density at radius 2 is 1.97 bits per heavy atom. The topological polar surface area (TPSA) is 89.6 Å². The van der Waals surface area contributed by atoms with Crippen LogP contribution in [0.1, 0.15) is 51.1 Å². The summed E-state index contributed by atoms with van der Waals surface area (Å²) in [6.45, 7) is 5.46. The molecule has 0 bridgehead atoms. The summed E-state index contributed by atoms with van der Waals surface area (Å²) in [7, 11) is 0. The number of aromatic nitrogens is 2. The van der Waals surface area contributed by atoms with E-state index >= 15 is 0 Å². The van der Waals surface area contributed by atoms with Gasteiger partial charge in [-0.25, -0.2) is 4.98 Å². The molecule has 0 aliphatic carbocycles. The van der Waals surface area contributed by atoms with E-state index in [9.17, 15) is 14.4 Å². The number of aromatic amines is 1. The molecule has 8 nitrogen and oxygen atoms in total. The number of amides is 3. The molecule has 3 aliphatic heterocycles. The molecule has 1 atom stereocenters. The fourth-order valence-corrected chi connectivity index (χ4v) is 5.07. The lowest BCUT2D eigenvalue weighted by Crippen LogP contribution is -2.55. The summed E-state index contributed by atoms with van der Waals surface area (Å²) in [4.78, 5) is 50.1. The summed E-state index contributed by atoms with van der Waals surface area (Å²) in [6, 6.07) is -0.363. The Morgan fingerprint density at radius 3 is 2.62 bits per heavy atom. The van der Waals surface area contributed by atoms with Crippen LogP contribution in [0.3, 0.4) is 0 Å².